The molecule has 3 aliphatic rings. The number of carbonyl (C=O) groups is 2. The highest BCUT2D eigenvalue weighted by Gasteiger charge is 2.36. The molecule has 4 nitrogen and oxygen atoms in total. The van der Waals surface area contributed by atoms with Crippen LogP contribution in [0.15, 0.2) is 24.3 Å². The van der Waals surface area contributed by atoms with E-state index < -0.39 is 0 Å². The Balaban J connectivity index is 1.78. The van der Waals surface area contributed by atoms with Gasteiger partial charge in [0.1, 0.15) is 0 Å². The predicted molar refractivity (Wildman–Crippen MR) is 90.7 cm³/mol. The summed E-state index contributed by atoms with van der Waals surface area (Å²) in [4.78, 5) is 29.0. The Bertz CT molecular complexity index is 599. The summed E-state index contributed by atoms with van der Waals surface area (Å²) in [5.74, 6) is 0.660. The second kappa shape index (κ2) is 6.83. The van der Waals surface area contributed by atoms with Crippen LogP contribution in [0.2, 0.25) is 0 Å². The Morgan fingerprint density at radius 2 is 1.91 bits per heavy atom. The van der Waals surface area contributed by atoms with Crippen molar-refractivity contribution in [2.45, 2.75) is 39.2 Å². The van der Waals surface area contributed by atoms with E-state index in [0.717, 1.165) is 32.6 Å². The summed E-state index contributed by atoms with van der Waals surface area (Å²) in [5.41, 5.74) is 1.25. The van der Waals surface area contributed by atoms with Crippen LogP contribution in [-0.4, -0.2) is 53.7 Å². The number of nitrogens with zero attached hydrogens (tertiary/aromatic N) is 2. The second-order valence-corrected chi connectivity index (χ2v) is 6.94. The minimum absolute atomic E-state index is 0.00436. The number of Topliss-reactive ketones (excluding diaryl/α,β-unsaturated/α-hetero) is 1. The molecule has 0 aliphatic carbocycles. The van der Waals surface area contributed by atoms with Gasteiger partial charge in [-0.25, -0.2) is 0 Å². The highest BCUT2D eigenvalue weighted by Crippen LogP contribution is 2.28. The van der Waals surface area contributed by atoms with E-state index in [-0.39, 0.29) is 11.7 Å². The van der Waals surface area contributed by atoms with Crippen molar-refractivity contribution in [3.05, 3.63) is 35.4 Å². The molecule has 0 unspecified atom stereocenters. The molecular weight excluding hydrogens is 288 g/mol. The van der Waals surface area contributed by atoms with Crippen molar-refractivity contribution in [2.24, 2.45) is 5.92 Å². The van der Waals surface area contributed by atoms with Crippen LogP contribution in [0.5, 0.6) is 0 Å². The van der Waals surface area contributed by atoms with Gasteiger partial charge in [-0.05, 0) is 50.8 Å². The van der Waals surface area contributed by atoms with Crippen LogP contribution in [0.1, 0.15) is 53.8 Å². The molecule has 3 saturated heterocycles. The minimum atomic E-state index is 0.00436. The van der Waals surface area contributed by atoms with E-state index in [1.807, 2.05) is 11.0 Å². The van der Waals surface area contributed by atoms with Gasteiger partial charge < -0.3 is 4.90 Å². The molecule has 0 aromatic heterocycles. The maximum Gasteiger partial charge on any atom is 0.253 e. The maximum absolute atomic E-state index is 12.9. The van der Waals surface area contributed by atoms with E-state index >= 15 is 0 Å². The number of amides is 1. The smallest absolute Gasteiger partial charge is 0.253 e. The van der Waals surface area contributed by atoms with Crippen LogP contribution in [0, 0.1) is 5.92 Å². The fourth-order valence-corrected chi connectivity index (χ4v) is 3.96. The quantitative estimate of drug-likeness (QED) is 0.802. The van der Waals surface area contributed by atoms with Crippen LogP contribution in [0.25, 0.3) is 0 Å². The van der Waals surface area contributed by atoms with Gasteiger partial charge in [-0.15, -0.1) is 0 Å². The molecular formula is C19H26N2O2. The molecule has 4 heteroatoms. The van der Waals surface area contributed by atoms with Crippen LogP contribution < -0.4 is 0 Å². The Labute approximate surface area is 138 Å². The number of piperidine rings is 1. The van der Waals surface area contributed by atoms with Crippen LogP contribution in [0.3, 0.4) is 0 Å². The van der Waals surface area contributed by atoms with Gasteiger partial charge in [0.05, 0.1) is 0 Å². The zero-order valence-electron chi connectivity index (χ0n) is 14.1. The normalized spacial score (nSPS) is 24.5. The lowest BCUT2D eigenvalue weighted by Gasteiger charge is -2.35. The first-order valence-electron chi connectivity index (χ1n) is 8.72. The molecule has 0 N–H and O–H groups in total. The first kappa shape index (κ1) is 16.2. The van der Waals surface area contributed by atoms with E-state index in [9.17, 15) is 9.59 Å². The average molecular weight is 314 g/mol. The Morgan fingerprint density at radius 3 is 2.65 bits per heavy atom. The maximum atomic E-state index is 12.9. The standard InChI is InChI=1S/C19H26N2O2/c1-3-9-20-11-15-7-8-18(20)13-21(12-15)19(23)17-6-4-5-16(10-17)14(2)22/h4-6,10,15,18H,3,7-9,11-13H2,1-2H3/t15-,18-/m1/s1. The molecule has 124 valence electrons. The van der Waals surface area contributed by atoms with Gasteiger partial charge >= 0.3 is 0 Å². The van der Waals surface area contributed by atoms with E-state index in [4.69, 9.17) is 0 Å². The molecule has 0 saturated carbocycles. The lowest BCUT2D eigenvalue weighted by Crippen LogP contribution is -2.44. The van der Waals surface area contributed by atoms with Crippen molar-refractivity contribution in [3.8, 4) is 0 Å². The molecule has 0 radical (unpaired) electrons. The monoisotopic (exact) mass is 314 g/mol. The van der Waals surface area contributed by atoms with E-state index in [0.29, 0.717) is 23.1 Å². The first-order chi connectivity index (χ1) is 11.1. The number of rotatable bonds is 4. The number of ketones is 1. The van der Waals surface area contributed by atoms with E-state index in [1.165, 1.54) is 12.8 Å². The Hall–Kier alpha value is -1.68. The molecule has 2 atom stereocenters. The summed E-state index contributed by atoms with van der Waals surface area (Å²) in [6.07, 6.45) is 3.59. The van der Waals surface area contributed by atoms with Gasteiger partial charge in [-0.1, -0.05) is 19.1 Å². The summed E-state index contributed by atoms with van der Waals surface area (Å²) in [6, 6.07) is 7.63. The largest absolute Gasteiger partial charge is 0.337 e. The third kappa shape index (κ3) is 3.47. The summed E-state index contributed by atoms with van der Waals surface area (Å²) >= 11 is 0. The molecule has 3 fully saturated rings. The number of benzene rings is 1. The number of fused-ring (bicyclic) bond motifs is 4. The summed E-state index contributed by atoms with van der Waals surface area (Å²) in [6.45, 7) is 7.67. The molecule has 1 aromatic carbocycles. The highest BCUT2D eigenvalue weighted by atomic mass is 16.2. The highest BCUT2D eigenvalue weighted by molar-refractivity contribution is 5.99. The topological polar surface area (TPSA) is 40.6 Å². The molecule has 3 aliphatic heterocycles. The average Bonchev–Trinajstić information content (AvgIpc) is 2.86. The van der Waals surface area contributed by atoms with Crippen LogP contribution in [0.4, 0.5) is 0 Å². The summed E-state index contributed by atoms with van der Waals surface area (Å²) in [7, 11) is 0. The molecule has 2 bridgehead atoms. The number of hydrogen-bond acceptors (Lipinski definition) is 3. The zero-order valence-corrected chi connectivity index (χ0v) is 14.1. The van der Waals surface area contributed by atoms with Gasteiger partial charge in [0.15, 0.2) is 5.78 Å². The molecule has 4 rings (SSSR count). The molecule has 1 amide bonds. The fourth-order valence-electron chi connectivity index (χ4n) is 3.96. The molecule has 0 spiro atoms. The SMILES string of the molecule is CCCN1C[C@H]2CC[C@@H]1CN(C(=O)c1cccc(C(C)=O)c1)C2. The van der Waals surface area contributed by atoms with Crippen molar-refractivity contribution in [1.82, 2.24) is 9.80 Å². The predicted octanol–water partition coefficient (Wildman–Crippen LogP) is 2.84. The van der Waals surface area contributed by atoms with E-state index in [2.05, 4.69) is 11.8 Å². The van der Waals surface area contributed by atoms with Gasteiger partial charge in [-0.2, -0.15) is 0 Å². The van der Waals surface area contributed by atoms with Crippen molar-refractivity contribution in [2.75, 3.05) is 26.2 Å². The minimum Gasteiger partial charge on any atom is -0.337 e. The van der Waals surface area contributed by atoms with Crippen LogP contribution in [-0.2, 0) is 0 Å². The molecule has 23 heavy (non-hydrogen) atoms. The second-order valence-electron chi connectivity index (χ2n) is 6.94. The number of hydrogen-bond donors (Lipinski definition) is 0. The lowest BCUT2D eigenvalue weighted by atomic mass is 9.95. The molecule has 3 heterocycles. The van der Waals surface area contributed by atoms with Gasteiger partial charge in [0.25, 0.3) is 5.91 Å². The fraction of sp³-hybridized carbons (Fsp3) is 0.579. The lowest BCUT2D eigenvalue weighted by molar-refractivity contribution is 0.0738. The van der Waals surface area contributed by atoms with Crippen molar-refractivity contribution < 1.29 is 9.59 Å². The number of carbonyl (C=O) groups excluding carboxylic acids is 2. The summed E-state index contributed by atoms with van der Waals surface area (Å²) < 4.78 is 0. The summed E-state index contributed by atoms with van der Waals surface area (Å²) in [5, 5.41) is 0. The first-order valence-corrected chi connectivity index (χ1v) is 8.72. The van der Waals surface area contributed by atoms with Crippen molar-refractivity contribution in [3.63, 3.8) is 0 Å². The van der Waals surface area contributed by atoms with Gasteiger partial charge in [0, 0.05) is 36.8 Å². The van der Waals surface area contributed by atoms with Crippen molar-refractivity contribution in [1.29, 1.82) is 0 Å². The van der Waals surface area contributed by atoms with E-state index in [1.54, 1.807) is 25.1 Å². The van der Waals surface area contributed by atoms with Gasteiger partial charge in [-0.3, -0.25) is 14.5 Å². The third-order valence-corrected chi connectivity index (χ3v) is 5.14. The van der Waals surface area contributed by atoms with Crippen molar-refractivity contribution >= 4 is 11.7 Å². The molecule has 1 aromatic rings. The Morgan fingerprint density at radius 1 is 1.13 bits per heavy atom. The Kier molecular flexibility index (Phi) is 4.81. The third-order valence-electron chi connectivity index (χ3n) is 5.14. The van der Waals surface area contributed by atoms with Gasteiger partial charge in [0.2, 0.25) is 0 Å². The zero-order chi connectivity index (χ0) is 16.4. The van der Waals surface area contributed by atoms with Crippen LogP contribution >= 0.6 is 0 Å².